The van der Waals surface area contributed by atoms with Gasteiger partial charge in [0.2, 0.25) is 5.91 Å². The van der Waals surface area contributed by atoms with Gasteiger partial charge in [-0.15, -0.1) is 0 Å². The Morgan fingerprint density at radius 1 is 1.07 bits per heavy atom. The first-order valence-electron chi connectivity index (χ1n) is 9.97. The summed E-state index contributed by atoms with van der Waals surface area (Å²) in [5, 5.41) is 7.94. The van der Waals surface area contributed by atoms with Gasteiger partial charge in [-0.3, -0.25) is 9.59 Å². The number of amides is 1. The van der Waals surface area contributed by atoms with Crippen LogP contribution in [-0.2, 0) is 11.3 Å². The van der Waals surface area contributed by atoms with Crippen LogP contribution in [-0.4, -0.2) is 35.3 Å². The predicted octanol–water partition coefficient (Wildman–Crippen LogP) is 3.60. The van der Waals surface area contributed by atoms with Gasteiger partial charge in [0.1, 0.15) is 0 Å². The molecule has 7 heteroatoms. The summed E-state index contributed by atoms with van der Waals surface area (Å²) in [5.74, 6) is -0.107. The third-order valence-electron chi connectivity index (χ3n) is 4.76. The zero-order valence-corrected chi connectivity index (χ0v) is 17.7. The van der Waals surface area contributed by atoms with Gasteiger partial charge >= 0.3 is 0 Å². The molecule has 1 amide bonds. The van der Waals surface area contributed by atoms with Crippen LogP contribution in [0.15, 0.2) is 71.5 Å². The van der Waals surface area contributed by atoms with E-state index in [2.05, 4.69) is 34.4 Å². The van der Waals surface area contributed by atoms with Crippen LogP contribution in [0.25, 0.3) is 11.3 Å². The number of carbonyl (C=O) groups is 1. The molecule has 2 aromatic carbocycles. The summed E-state index contributed by atoms with van der Waals surface area (Å²) in [5.41, 5.74) is 2.41. The Hall–Kier alpha value is -3.12. The van der Waals surface area contributed by atoms with Gasteiger partial charge in [0.15, 0.2) is 0 Å². The van der Waals surface area contributed by atoms with E-state index in [0.29, 0.717) is 17.3 Å². The van der Waals surface area contributed by atoms with Gasteiger partial charge in [0.05, 0.1) is 12.2 Å². The summed E-state index contributed by atoms with van der Waals surface area (Å²) >= 11 is 5.92. The number of carbonyl (C=O) groups excluding carboxylic acids is 1. The molecule has 30 heavy (non-hydrogen) atoms. The number of nitrogens with one attached hydrogen (secondary N) is 1. The second-order valence-corrected chi connectivity index (χ2v) is 7.24. The molecule has 0 saturated carbocycles. The highest BCUT2D eigenvalue weighted by molar-refractivity contribution is 6.30. The van der Waals surface area contributed by atoms with E-state index < -0.39 is 0 Å². The number of hydrogen-bond donors (Lipinski definition) is 1. The lowest BCUT2D eigenvalue weighted by molar-refractivity contribution is -0.121. The van der Waals surface area contributed by atoms with Gasteiger partial charge < -0.3 is 10.2 Å². The van der Waals surface area contributed by atoms with Crippen LogP contribution in [0.3, 0.4) is 0 Å². The molecule has 1 heterocycles. The standard InChI is InChI=1S/C23H25ClN4O2/c1-2-27(20-6-4-3-5-7-20)17-15-25-22(29)14-16-28-23(30)13-12-21(26-28)18-8-10-19(24)11-9-18/h3-13H,2,14-17H2,1H3,(H,25,29). The summed E-state index contributed by atoms with van der Waals surface area (Å²) < 4.78 is 1.33. The molecular formula is C23H25ClN4O2. The first kappa shape index (κ1) is 21.6. The number of para-hydroxylation sites is 1. The Bertz CT molecular complexity index is 1020. The fraction of sp³-hybridized carbons (Fsp3) is 0.261. The molecule has 1 N–H and O–H groups in total. The molecule has 0 bridgehead atoms. The lowest BCUT2D eigenvalue weighted by Crippen LogP contribution is -2.35. The Morgan fingerprint density at radius 2 is 1.80 bits per heavy atom. The second kappa shape index (κ2) is 10.6. The first-order valence-corrected chi connectivity index (χ1v) is 10.4. The fourth-order valence-electron chi connectivity index (χ4n) is 3.12. The molecule has 1 aromatic heterocycles. The van der Waals surface area contributed by atoms with Crippen LogP contribution < -0.4 is 15.8 Å². The summed E-state index contributed by atoms with van der Waals surface area (Å²) in [4.78, 5) is 26.5. The maximum atomic E-state index is 12.2. The molecule has 0 spiro atoms. The third-order valence-corrected chi connectivity index (χ3v) is 5.02. The number of aryl methyl sites for hydroxylation is 1. The number of hydrogen-bond acceptors (Lipinski definition) is 4. The number of aromatic nitrogens is 2. The molecule has 0 aliphatic rings. The number of likely N-dealkylation sites (N-methyl/N-ethyl adjacent to an activating group) is 1. The molecule has 0 atom stereocenters. The monoisotopic (exact) mass is 424 g/mol. The molecule has 3 rings (SSSR count). The van der Waals surface area contributed by atoms with Crippen LogP contribution >= 0.6 is 11.6 Å². The van der Waals surface area contributed by atoms with Gasteiger partial charge in [-0.1, -0.05) is 41.9 Å². The van der Waals surface area contributed by atoms with Crippen molar-refractivity contribution in [2.75, 3.05) is 24.5 Å². The fourth-order valence-corrected chi connectivity index (χ4v) is 3.24. The van der Waals surface area contributed by atoms with E-state index in [1.54, 1.807) is 18.2 Å². The number of benzene rings is 2. The zero-order chi connectivity index (χ0) is 21.3. The molecule has 0 aliphatic carbocycles. The van der Waals surface area contributed by atoms with Gasteiger partial charge in [-0.05, 0) is 37.3 Å². The number of nitrogens with zero attached hydrogens (tertiary/aromatic N) is 3. The summed E-state index contributed by atoms with van der Waals surface area (Å²) in [7, 11) is 0. The summed E-state index contributed by atoms with van der Waals surface area (Å²) in [6.45, 7) is 4.42. The van der Waals surface area contributed by atoms with Crippen LogP contribution in [0, 0.1) is 0 Å². The minimum Gasteiger partial charge on any atom is -0.370 e. The molecule has 6 nitrogen and oxygen atoms in total. The Morgan fingerprint density at radius 3 is 2.50 bits per heavy atom. The van der Waals surface area contributed by atoms with E-state index in [1.165, 1.54) is 10.7 Å². The largest absolute Gasteiger partial charge is 0.370 e. The highest BCUT2D eigenvalue weighted by atomic mass is 35.5. The highest BCUT2D eigenvalue weighted by Gasteiger charge is 2.08. The van der Waals surface area contributed by atoms with Crippen molar-refractivity contribution < 1.29 is 4.79 Å². The first-order chi connectivity index (χ1) is 14.6. The Balaban J connectivity index is 1.52. The third kappa shape index (κ3) is 5.94. The van der Waals surface area contributed by atoms with E-state index in [9.17, 15) is 9.59 Å². The van der Waals surface area contributed by atoms with E-state index in [0.717, 1.165) is 24.3 Å². The van der Waals surface area contributed by atoms with Crippen molar-refractivity contribution in [3.63, 3.8) is 0 Å². The van der Waals surface area contributed by atoms with Gasteiger partial charge in [0.25, 0.3) is 5.56 Å². The van der Waals surface area contributed by atoms with Crippen molar-refractivity contribution in [2.24, 2.45) is 0 Å². The van der Waals surface area contributed by atoms with Crippen LogP contribution in [0.2, 0.25) is 5.02 Å². The lowest BCUT2D eigenvalue weighted by atomic mass is 10.1. The zero-order valence-electron chi connectivity index (χ0n) is 16.9. The predicted molar refractivity (Wildman–Crippen MR) is 121 cm³/mol. The smallest absolute Gasteiger partial charge is 0.266 e. The normalized spacial score (nSPS) is 10.6. The molecule has 0 fully saturated rings. The van der Waals surface area contributed by atoms with E-state index in [1.807, 2.05) is 30.3 Å². The van der Waals surface area contributed by atoms with Crippen LogP contribution in [0.4, 0.5) is 5.69 Å². The maximum Gasteiger partial charge on any atom is 0.266 e. The second-order valence-electron chi connectivity index (χ2n) is 6.80. The minimum absolute atomic E-state index is 0.107. The number of rotatable bonds is 9. The SMILES string of the molecule is CCN(CCNC(=O)CCn1nc(-c2ccc(Cl)cc2)ccc1=O)c1ccccc1. The lowest BCUT2D eigenvalue weighted by Gasteiger charge is -2.23. The summed E-state index contributed by atoms with van der Waals surface area (Å²) in [6.07, 6.45) is 0.189. The average molecular weight is 425 g/mol. The number of halogens is 1. The van der Waals surface area contributed by atoms with Crippen molar-refractivity contribution in [3.05, 3.63) is 82.1 Å². The van der Waals surface area contributed by atoms with Crippen molar-refractivity contribution in [2.45, 2.75) is 19.9 Å². The van der Waals surface area contributed by atoms with E-state index in [4.69, 9.17) is 11.6 Å². The van der Waals surface area contributed by atoms with Gasteiger partial charge in [-0.25, -0.2) is 4.68 Å². The average Bonchev–Trinajstić information content (AvgIpc) is 2.77. The molecule has 156 valence electrons. The van der Waals surface area contributed by atoms with E-state index >= 15 is 0 Å². The highest BCUT2D eigenvalue weighted by Crippen LogP contribution is 2.18. The van der Waals surface area contributed by atoms with Crippen LogP contribution in [0.1, 0.15) is 13.3 Å². The summed E-state index contributed by atoms with van der Waals surface area (Å²) in [6, 6.07) is 20.5. The molecule has 0 radical (unpaired) electrons. The van der Waals surface area contributed by atoms with E-state index in [-0.39, 0.29) is 24.4 Å². The quantitative estimate of drug-likeness (QED) is 0.570. The number of anilines is 1. The molecule has 0 saturated heterocycles. The Kier molecular flexibility index (Phi) is 7.63. The molecule has 0 aliphatic heterocycles. The topological polar surface area (TPSA) is 67.2 Å². The Labute approximate surface area is 181 Å². The molecular weight excluding hydrogens is 400 g/mol. The van der Waals surface area contributed by atoms with Crippen molar-refractivity contribution in [1.82, 2.24) is 15.1 Å². The van der Waals surface area contributed by atoms with Crippen molar-refractivity contribution >= 4 is 23.2 Å². The maximum absolute atomic E-state index is 12.2. The molecule has 3 aromatic rings. The molecule has 0 unspecified atom stereocenters. The van der Waals surface area contributed by atoms with Gasteiger partial charge in [0, 0.05) is 48.4 Å². The van der Waals surface area contributed by atoms with Crippen molar-refractivity contribution in [1.29, 1.82) is 0 Å². The van der Waals surface area contributed by atoms with Crippen LogP contribution in [0.5, 0.6) is 0 Å². The van der Waals surface area contributed by atoms with Gasteiger partial charge in [-0.2, -0.15) is 5.10 Å². The van der Waals surface area contributed by atoms with Crippen molar-refractivity contribution in [3.8, 4) is 11.3 Å². The minimum atomic E-state index is -0.234.